The largest absolute Gasteiger partial charge is 0.497 e. The first-order chi connectivity index (χ1) is 15.3. The van der Waals surface area contributed by atoms with Gasteiger partial charge in [-0.15, -0.1) is 11.3 Å². The van der Waals surface area contributed by atoms with Gasteiger partial charge in [-0.05, 0) is 30.3 Å². The topological polar surface area (TPSA) is 111 Å². The Morgan fingerprint density at radius 1 is 1.16 bits per heavy atom. The van der Waals surface area contributed by atoms with E-state index in [2.05, 4.69) is 10.3 Å². The van der Waals surface area contributed by atoms with Gasteiger partial charge < -0.3 is 14.6 Å². The van der Waals surface area contributed by atoms with Gasteiger partial charge in [0.15, 0.2) is 5.13 Å². The number of carbonyl (C=O) groups excluding carboxylic acids is 1. The number of anilines is 1. The van der Waals surface area contributed by atoms with Gasteiger partial charge in [-0.1, -0.05) is 13.8 Å². The lowest BCUT2D eigenvalue weighted by Crippen LogP contribution is -2.33. The third kappa shape index (κ3) is 5.23. The first kappa shape index (κ1) is 23.6. The molecule has 0 unspecified atom stereocenters. The zero-order chi connectivity index (χ0) is 23.3. The van der Waals surface area contributed by atoms with Gasteiger partial charge in [0.1, 0.15) is 12.3 Å². The third-order valence-electron chi connectivity index (χ3n) is 4.75. The molecule has 0 atom stereocenters. The molecule has 0 saturated carbocycles. The summed E-state index contributed by atoms with van der Waals surface area (Å²) in [4.78, 5) is 29.0. The number of ether oxygens (including phenoxy) is 1. The number of hydrogen-bond acceptors (Lipinski definition) is 7. The van der Waals surface area contributed by atoms with Crippen LogP contribution in [-0.4, -0.2) is 48.4 Å². The van der Waals surface area contributed by atoms with Crippen LogP contribution in [0.4, 0.5) is 5.13 Å². The van der Waals surface area contributed by atoms with Crippen LogP contribution in [0.3, 0.4) is 0 Å². The van der Waals surface area contributed by atoms with Gasteiger partial charge in [-0.2, -0.15) is 4.31 Å². The molecular formula is C21H24N4O5S2. The number of methoxy groups -OCH3 is 1. The van der Waals surface area contributed by atoms with Crippen molar-refractivity contribution in [1.29, 1.82) is 0 Å². The molecule has 0 aliphatic heterocycles. The number of amides is 1. The van der Waals surface area contributed by atoms with Crippen molar-refractivity contribution in [3.8, 4) is 17.0 Å². The van der Waals surface area contributed by atoms with Crippen LogP contribution >= 0.6 is 11.3 Å². The third-order valence-corrected chi connectivity index (χ3v) is 7.54. The van der Waals surface area contributed by atoms with Crippen LogP contribution in [0.1, 0.15) is 13.8 Å². The molecule has 170 valence electrons. The molecule has 11 heteroatoms. The second-order valence-corrected chi connectivity index (χ2v) is 9.53. The van der Waals surface area contributed by atoms with Crippen molar-refractivity contribution in [2.45, 2.75) is 25.3 Å². The van der Waals surface area contributed by atoms with Gasteiger partial charge in [0.05, 0.1) is 17.7 Å². The Kier molecular flexibility index (Phi) is 7.44. The predicted molar refractivity (Wildman–Crippen MR) is 124 cm³/mol. The standard InChI is InChI=1S/C21H24N4O5S2/c1-4-25(5-2)32(28,29)17-10-11-20(27)24(12-17)13-19(26)23-21-22-18(14-31-21)15-6-8-16(30-3)9-7-15/h6-12,14H,4-5,13H2,1-3H3,(H,22,23,26). The minimum absolute atomic E-state index is 0.0374. The highest BCUT2D eigenvalue weighted by atomic mass is 32.2. The minimum atomic E-state index is -3.74. The highest BCUT2D eigenvalue weighted by molar-refractivity contribution is 7.89. The summed E-state index contributed by atoms with van der Waals surface area (Å²) in [5, 5.41) is 4.84. The van der Waals surface area contributed by atoms with E-state index in [1.165, 1.54) is 27.9 Å². The summed E-state index contributed by atoms with van der Waals surface area (Å²) < 4.78 is 32.9. The molecule has 2 heterocycles. The molecule has 0 spiro atoms. The number of benzene rings is 1. The highest BCUT2D eigenvalue weighted by Gasteiger charge is 2.22. The number of thiazole rings is 1. The number of pyridine rings is 1. The Labute approximate surface area is 190 Å². The summed E-state index contributed by atoms with van der Waals surface area (Å²) in [7, 11) is -2.16. The molecule has 0 bridgehead atoms. The van der Waals surface area contributed by atoms with Crippen LogP contribution in [0.15, 0.2) is 57.7 Å². The van der Waals surface area contributed by atoms with Gasteiger partial charge in [-0.3, -0.25) is 9.59 Å². The fourth-order valence-corrected chi connectivity index (χ4v) is 5.25. The molecule has 0 radical (unpaired) electrons. The van der Waals surface area contributed by atoms with E-state index in [0.717, 1.165) is 21.9 Å². The molecule has 9 nitrogen and oxygen atoms in total. The van der Waals surface area contributed by atoms with E-state index in [1.54, 1.807) is 26.3 Å². The lowest BCUT2D eigenvalue weighted by Gasteiger charge is -2.18. The molecule has 0 aliphatic carbocycles. The molecule has 3 aromatic rings. The number of hydrogen-bond donors (Lipinski definition) is 1. The monoisotopic (exact) mass is 476 g/mol. The molecule has 1 amide bonds. The number of sulfonamides is 1. The molecule has 0 aliphatic rings. The van der Waals surface area contributed by atoms with E-state index in [0.29, 0.717) is 23.9 Å². The Balaban J connectivity index is 1.74. The Morgan fingerprint density at radius 3 is 2.47 bits per heavy atom. The average molecular weight is 477 g/mol. The molecule has 2 aromatic heterocycles. The first-order valence-corrected chi connectivity index (χ1v) is 12.2. The fraction of sp³-hybridized carbons (Fsp3) is 0.286. The molecule has 32 heavy (non-hydrogen) atoms. The number of nitrogens with one attached hydrogen (secondary N) is 1. The Morgan fingerprint density at radius 2 is 1.84 bits per heavy atom. The predicted octanol–water partition coefficient (Wildman–Crippen LogP) is 2.65. The average Bonchev–Trinajstić information content (AvgIpc) is 3.24. The summed E-state index contributed by atoms with van der Waals surface area (Å²) in [5.41, 5.74) is 1.09. The minimum Gasteiger partial charge on any atom is -0.497 e. The van der Waals surface area contributed by atoms with Crippen LogP contribution in [0.25, 0.3) is 11.3 Å². The van der Waals surface area contributed by atoms with Gasteiger partial charge >= 0.3 is 0 Å². The number of aromatic nitrogens is 2. The maximum absolute atomic E-state index is 12.7. The SMILES string of the molecule is CCN(CC)S(=O)(=O)c1ccc(=O)n(CC(=O)Nc2nc(-c3ccc(OC)cc3)cs2)c1. The van der Waals surface area contributed by atoms with Gasteiger partial charge in [0, 0.05) is 36.3 Å². The van der Waals surface area contributed by atoms with E-state index < -0.39 is 21.5 Å². The number of carbonyl (C=O) groups is 1. The van der Waals surface area contributed by atoms with Gasteiger partial charge in [-0.25, -0.2) is 13.4 Å². The number of rotatable bonds is 9. The maximum Gasteiger partial charge on any atom is 0.251 e. The smallest absolute Gasteiger partial charge is 0.251 e. The van der Waals surface area contributed by atoms with E-state index in [-0.39, 0.29) is 11.4 Å². The van der Waals surface area contributed by atoms with Crippen molar-refractivity contribution < 1.29 is 17.9 Å². The normalized spacial score (nSPS) is 11.5. The van der Waals surface area contributed by atoms with Crippen LogP contribution in [0, 0.1) is 0 Å². The molecule has 3 rings (SSSR count). The molecular weight excluding hydrogens is 452 g/mol. The maximum atomic E-state index is 12.7. The highest BCUT2D eigenvalue weighted by Crippen LogP contribution is 2.26. The van der Waals surface area contributed by atoms with Crippen molar-refractivity contribution >= 4 is 32.4 Å². The lowest BCUT2D eigenvalue weighted by molar-refractivity contribution is -0.116. The summed E-state index contributed by atoms with van der Waals surface area (Å²) in [6.07, 6.45) is 1.19. The molecule has 0 fully saturated rings. The van der Waals surface area contributed by atoms with Crippen LogP contribution < -0.4 is 15.6 Å². The first-order valence-electron chi connectivity index (χ1n) is 9.89. The Hall–Kier alpha value is -3.02. The summed E-state index contributed by atoms with van der Waals surface area (Å²) >= 11 is 1.25. The zero-order valence-corrected chi connectivity index (χ0v) is 19.6. The van der Waals surface area contributed by atoms with Crippen molar-refractivity contribution in [2.24, 2.45) is 0 Å². The molecule has 0 saturated heterocycles. The summed E-state index contributed by atoms with van der Waals surface area (Å²) in [6.45, 7) is 3.74. The van der Waals surface area contributed by atoms with Crippen LogP contribution in [0.2, 0.25) is 0 Å². The van der Waals surface area contributed by atoms with Crippen molar-refractivity contribution in [2.75, 3.05) is 25.5 Å². The lowest BCUT2D eigenvalue weighted by atomic mass is 10.2. The number of nitrogens with zero attached hydrogens (tertiary/aromatic N) is 3. The van der Waals surface area contributed by atoms with E-state index in [9.17, 15) is 18.0 Å². The van der Waals surface area contributed by atoms with Crippen molar-refractivity contribution in [3.05, 3.63) is 58.3 Å². The van der Waals surface area contributed by atoms with Crippen molar-refractivity contribution in [1.82, 2.24) is 13.9 Å². The summed E-state index contributed by atoms with van der Waals surface area (Å²) in [5.74, 6) is 0.244. The van der Waals surface area contributed by atoms with Crippen molar-refractivity contribution in [3.63, 3.8) is 0 Å². The van der Waals surface area contributed by atoms with E-state index >= 15 is 0 Å². The summed E-state index contributed by atoms with van der Waals surface area (Å²) in [6, 6.07) is 9.76. The van der Waals surface area contributed by atoms with Gasteiger partial charge in [0.2, 0.25) is 15.9 Å². The Bertz CT molecular complexity index is 1250. The van der Waals surface area contributed by atoms with Crippen LogP contribution in [0.5, 0.6) is 5.75 Å². The second-order valence-electron chi connectivity index (χ2n) is 6.73. The van der Waals surface area contributed by atoms with Crippen LogP contribution in [-0.2, 0) is 21.4 Å². The molecule has 1 aromatic carbocycles. The quantitative estimate of drug-likeness (QED) is 0.508. The molecule has 1 N–H and O–H groups in total. The zero-order valence-electron chi connectivity index (χ0n) is 17.9. The van der Waals surface area contributed by atoms with E-state index in [1.807, 2.05) is 24.3 Å². The van der Waals surface area contributed by atoms with E-state index in [4.69, 9.17) is 4.74 Å². The van der Waals surface area contributed by atoms with Gasteiger partial charge in [0.25, 0.3) is 5.56 Å². The second kappa shape index (κ2) is 10.1. The fourth-order valence-electron chi connectivity index (χ4n) is 3.04.